The number of nitrogens with one attached hydrogen (secondary N) is 1. The molecule has 2 aromatic rings. The van der Waals surface area contributed by atoms with Crippen molar-refractivity contribution in [2.75, 3.05) is 7.11 Å². The molecule has 0 aliphatic carbocycles. The standard InChI is InChI=1S/C16H18ClNO2/c1-11(12-5-3-7-14(9-12)20-2)18-10-13-6-4-8-15(17)16(13)19/h3-9,11,18-19H,10H2,1-2H3/t11-/m0/s1. The van der Waals surface area contributed by atoms with Crippen LogP contribution in [-0.2, 0) is 6.54 Å². The number of benzene rings is 2. The molecule has 0 fully saturated rings. The van der Waals surface area contributed by atoms with E-state index < -0.39 is 0 Å². The van der Waals surface area contributed by atoms with Crippen LogP contribution in [0.1, 0.15) is 24.1 Å². The fourth-order valence-electron chi connectivity index (χ4n) is 1.99. The third-order valence-electron chi connectivity index (χ3n) is 3.26. The lowest BCUT2D eigenvalue weighted by Crippen LogP contribution is -2.18. The van der Waals surface area contributed by atoms with E-state index in [2.05, 4.69) is 12.2 Å². The van der Waals surface area contributed by atoms with Gasteiger partial charge >= 0.3 is 0 Å². The zero-order valence-corrected chi connectivity index (χ0v) is 12.3. The summed E-state index contributed by atoms with van der Waals surface area (Å²) in [6, 6.07) is 13.4. The van der Waals surface area contributed by atoms with Gasteiger partial charge < -0.3 is 15.2 Å². The molecule has 0 heterocycles. The fraction of sp³-hybridized carbons (Fsp3) is 0.250. The second kappa shape index (κ2) is 6.64. The number of phenols is 1. The molecule has 1 atom stereocenters. The Morgan fingerprint density at radius 1 is 1.25 bits per heavy atom. The quantitative estimate of drug-likeness (QED) is 0.878. The summed E-state index contributed by atoms with van der Waals surface area (Å²) in [5.41, 5.74) is 1.91. The number of hydrogen-bond acceptors (Lipinski definition) is 3. The first kappa shape index (κ1) is 14.7. The second-order valence-corrected chi connectivity index (χ2v) is 5.03. The summed E-state index contributed by atoms with van der Waals surface area (Å²) < 4.78 is 5.22. The molecule has 0 amide bonds. The van der Waals surface area contributed by atoms with Crippen molar-refractivity contribution in [1.82, 2.24) is 5.32 Å². The third kappa shape index (κ3) is 3.44. The van der Waals surface area contributed by atoms with E-state index in [1.54, 1.807) is 13.2 Å². The number of hydrogen-bond donors (Lipinski definition) is 2. The van der Waals surface area contributed by atoms with Crippen molar-refractivity contribution in [1.29, 1.82) is 0 Å². The minimum absolute atomic E-state index is 0.138. The molecule has 3 nitrogen and oxygen atoms in total. The topological polar surface area (TPSA) is 41.5 Å². The molecule has 0 aromatic heterocycles. The molecule has 0 spiro atoms. The van der Waals surface area contributed by atoms with E-state index in [-0.39, 0.29) is 11.8 Å². The van der Waals surface area contributed by atoms with Crippen molar-refractivity contribution in [2.45, 2.75) is 19.5 Å². The third-order valence-corrected chi connectivity index (χ3v) is 3.57. The van der Waals surface area contributed by atoms with E-state index in [1.807, 2.05) is 36.4 Å². The summed E-state index contributed by atoms with van der Waals surface area (Å²) >= 11 is 5.89. The molecule has 106 valence electrons. The van der Waals surface area contributed by atoms with Gasteiger partial charge in [-0.3, -0.25) is 0 Å². The van der Waals surface area contributed by atoms with E-state index in [0.29, 0.717) is 11.6 Å². The lowest BCUT2D eigenvalue weighted by molar-refractivity contribution is 0.413. The number of ether oxygens (including phenoxy) is 1. The summed E-state index contributed by atoms with van der Waals surface area (Å²) in [5, 5.41) is 13.6. The van der Waals surface area contributed by atoms with Crippen molar-refractivity contribution in [3.8, 4) is 11.5 Å². The van der Waals surface area contributed by atoms with Crippen LogP contribution in [-0.4, -0.2) is 12.2 Å². The maximum Gasteiger partial charge on any atom is 0.138 e. The van der Waals surface area contributed by atoms with Gasteiger partial charge in [0.1, 0.15) is 11.5 Å². The Kier molecular flexibility index (Phi) is 4.88. The monoisotopic (exact) mass is 291 g/mol. The van der Waals surface area contributed by atoms with Crippen LogP contribution >= 0.6 is 11.6 Å². The molecule has 0 bridgehead atoms. The van der Waals surface area contributed by atoms with Crippen molar-refractivity contribution >= 4 is 11.6 Å². The van der Waals surface area contributed by atoms with Gasteiger partial charge in [-0.25, -0.2) is 0 Å². The maximum atomic E-state index is 9.87. The van der Waals surface area contributed by atoms with Gasteiger partial charge in [0, 0.05) is 18.2 Å². The van der Waals surface area contributed by atoms with Gasteiger partial charge in [0.25, 0.3) is 0 Å². The molecule has 20 heavy (non-hydrogen) atoms. The van der Waals surface area contributed by atoms with Gasteiger partial charge in [-0.05, 0) is 30.7 Å². The van der Waals surface area contributed by atoms with E-state index in [9.17, 15) is 5.11 Å². The van der Waals surface area contributed by atoms with Gasteiger partial charge in [0.2, 0.25) is 0 Å². The molecular formula is C16H18ClNO2. The van der Waals surface area contributed by atoms with Crippen molar-refractivity contribution in [3.05, 3.63) is 58.6 Å². The average Bonchev–Trinajstić information content (AvgIpc) is 2.48. The highest BCUT2D eigenvalue weighted by Gasteiger charge is 2.09. The van der Waals surface area contributed by atoms with Gasteiger partial charge in [-0.2, -0.15) is 0 Å². The van der Waals surface area contributed by atoms with Crippen molar-refractivity contribution in [2.24, 2.45) is 0 Å². The molecule has 2 rings (SSSR count). The number of aromatic hydroxyl groups is 1. The number of para-hydroxylation sites is 1. The van der Waals surface area contributed by atoms with Crippen LogP contribution in [0.15, 0.2) is 42.5 Å². The van der Waals surface area contributed by atoms with Crippen LogP contribution in [0.3, 0.4) is 0 Å². The molecule has 0 saturated heterocycles. The zero-order chi connectivity index (χ0) is 14.5. The number of rotatable bonds is 5. The molecule has 0 saturated carbocycles. The Labute approximate surface area is 124 Å². The van der Waals surface area contributed by atoms with Crippen LogP contribution in [0, 0.1) is 0 Å². The summed E-state index contributed by atoms with van der Waals surface area (Å²) in [4.78, 5) is 0. The van der Waals surface area contributed by atoms with Crippen molar-refractivity contribution < 1.29 is 9.84 Å². The lowest BCUT2D eigenvalue weighted by Gasteiger charge is -2.16. The lowest BCUT2D eigenvalue weighted by atomic mass is 10.1. The molecular weight excluding hydrogens is 274 g/mol. The molecule has 0 aliphatic rings. The summed E-state index contributed by atoms with van der Waals surface area (Å²) in [5.74, 6) is 0.973. The first-order valence-electron chi connectivity index (χ1n) is 6.45. The zero-order valence-electron chi connectivity index (χ0n) is 11.6. The summed E-state index contributed by atoms with van der Waals surface area (Å²) in [6.07, 6.45) is 0. The van der Waals surface area contributed by atoms with Crippen LogP contribution in [0.5, 0.6) is 11.5 Å². The van der Waals surface area contributed by atoms with E-state index in [4.69, 9.17) is 16.3 Å². The molecule has 2 aromatic carbocycles. The van der Waals surface area contributed by atoms with Gasteiger partial charge in [-0.15, -0.1) is 0 Å². The molecule has 0 unspecified atom stereocenters. The second-order valence-electron chi connectivity index (χ2n) is 4.63. The Hall–Kier alpha value is -1.71. The molecule has 2 N–H and O–H groups in total. The van der Waals surface area contributed by atoms with E-state index in [0.717, 1.165) is 16.9 Å². The summed E-state index contributed by atoms with van der Waals surface area (Å²) in [6.45, 7) is 2.61. The first-order chi connectivity index (χ1) is 9.61. The van der Waals surface area contributed by atoms with Gasteiger partial charge in [0.15, 0.2) is 0 Å². The largest absolute Gasteiger partial charge is 0.506 e. The normalized spacial score (nSPS) is 12.2. The van der Waals surface area contributed by atoms with Crippen LogP contribution in [0.2, 0.25) is 5.02 Å². The molecule has 4 heteroatoms. The first-order valence-corrected chi connectivity index (χ1v) is 6.83. The smallest absolute Gasteiger partial charge is 0.138 e. The highest BCUT2D eigenvalue weighted by molar-refractivity contribution is 6.32. The highest BCUT2D eigenvalue weighted by Crippen LogP contribution is 2.27. The average molecular weight is 292 g/mol. The Morgan fingerprint density at radius 3 is 2.75 bits per heavy atom. The predicted octanol–water partition coefficient (Wildman–Crippen LogP) is 3.91. The van der Waals surface area contributed by atoms with Crippen molar-refractivity contribution in [3.63, 3.8) is 0 Å². The highest BCUT2D eigenvalue weighted by atomic mass is 35.5. The number of phenolic OH excluding ortho intramolecular Hbond substituents is 1. The Balaban J connectivity index is 2.04. The number of methoxy groups -OCH3 is 1. The Bertz CT molecular complexity index is 586. The Morgan fingerprint density at radius 2 is 2.00 bits per heavy atom. The fourth-order valence-corrected chi connectivity index (χ4v) is 2.19. The maximum absolute atomic E-state index is 9.87. The molecule has 0 aliphatic heterocycles. The van der Waals surface area contributed by atoms with E-state index >= 15 is 0 Å². The van der Waals surface area contributed by atoms with Crippen LogP contribution in [0.25, 0.3) is 0 Å². The summed E-state index contributed by atoms with van der Waals surface area (Å²) in [7, 11) is 1.65. The predicted molar refractivity (Wildman–Crippen MR) is 81.4 cm³/mol. The minimum Gasteiger partial charge on any atom is -0.506 e. The van der Waals surface area contributed by atoms with Crippen LogP contribution in [0.4, 0.5) is 0 Å². The SMILES string of the molecule is COc1cccc([C@H](C)NCc2cccc(Cl)c2O)c1. The number of halogens is 1. The van der Waals surface area contributed by atoms with E-state index in [1.165, 1.54) is 0 Å². The minimum atomic E-state index is 0.138. The molecule has 0 radical (unpaired) electrons. The van der Waals surface area contributed by atoms with Crippen LogP contribution < -0.4 is 10.1 Å². The van der Waals surface area contributed by atoms with Gasteiger partial charge in [0.05, 0.1) is 12.1 Å². The van der Waals surface area contributed by atoms with Gasteiger partial charge in [-0.1, -0.05) is 35.9 Å².